The number of benzene rings is 4. The van der Waals surface area contributed by atoms with E-state index in [-0.39, 0.29) is 50.7 Å². The summed E-state index contributed by atoms with van der Waals surface area (Å²) in [6.45, 7) is 20.2. The molecule has 6 rings (SSSR count). The number of rotatable bonds is 8. The summed E-state index contributed by atoms with van der Waals surface area (Å²) in [5, 5.41) is 5.47. The van der Waals surface area contributed by atoms with Crippen LogP contribution in [0.2, 0.25) is 0 Å². The second-order valence-corrected chi connectivity index (χ2v) is 12.8. The zero-order valence-electron chi connectivity index (χ0n) is 29.8. The third kappa shape index (κ3) is 11.3. The van der Waals surface area contributed by atoms with Gasteiger partial charge in [0.05, 0.1) is 0 Å². The van der Waals surface area contributed by atoms with Crippen molar-refractivity contribution in [3.05, 3.63) is 145 Å². The monoisotopic (exact) mass is 844 g/mol. The minimum atomic E-state index is 0. The van der Waals surface area contributed by atoms with Gasteiger partial charge in [-0.3, -0.25) is 0 Å². The quantitative estimate of drug-likeness (QED) is 0.106. The Morgan fingerprint density at radius 3 is 1.17 bits per heavy atom. The first-order valence-electron chi connectivity index (χ1n) is 16.9. The summed E-state index contributed by atoms with van der Waals surface area (Å²) in [5.41, 5.74) is 11.1. The predicted octanol–water partition coefficient (Wildman–Crippen LogP) is 14.5. The van der Waals surface area contributed by atoms with Crippen LogP contribution in [0, 0.1) is 13.8 Å². The number of fused-ring (bicyclic) bond motifs is 2. The molecule has 0 saturated heterocycles. The van der Waals surface area contributed by atoms with E-state index in [1.807, 2.05) is 0 Å². The van der Waals surface area contributed by atoms with Gasteiger partial charge in [-0.05, 0) is 46.9 Å². The van der Waals surface area contributed by atoms with Crippen molar-refractivity contribution in [3.63, 3.8) is 0 Å². The van der Waals surface area contributed by atoms with Gasteiger partial charge in [0, 0.05) is 0 Å². The fourth-order valence-electron chi connectivity index (χ4n) is 5.97. The van der Waals surface area contributed by atoms with E-state index in [0.29, 0.717) is 11.8 Å². The maximum absolute atomic E-state index is 3.38. The molecular weight excluding hydrogens is 790 g/mol. The van der Waals surface area contributed by atoms with Gasteiger partial charge in [0.2, 0.25) is 0 Å². The van der Waals surface area contributed by atoms with E-state index >= 15 is 0 Å². The van der Waals surface area contributed by atoms with Crippen LogP contribution in [0.1, 0.15) is 94.9 Å². The van der Waals surface area contributed by atoms with Gasteiger partial charge in [-0.1, -0.05) is 126 Å². The molecule has 252 valence electrons. The molecule has 0 bridgehead atoms. The van der Waals surface area contributed by atoms with Crippen LogP contribution in [-0.2, 0) is 38.7 Å². The Morgan fingerprint density at radius 1 is 0.542 bits per heavy atom. The van der Waals surface area contributed by atoms with Crippen molar-refractivity contribution in [2.45, 2.75) is 85.5 Å². The van der Waals surface area contributed by atoms with Crippen LogP contribution in [0.4, 0.5) is 0 Å². The van der Waals surface area contributed by atoms with E-state index in [0.717, 1.165) is 6.42 Å². The SMILES string of the molecule is CCCc1ccc(-c2cccc3[cH-]c(C(C)C)cc23)cc1.CCCc1ccc(-c2cccc3[cH-]c(C(C)C)cc23)cc1.Cl.Cl.[CH2-]C[CH2-].[Hf+4]. The van der Waals surface area contributed by atoms with Gasteiger partial charge in [-0.15, -0.1) is 93.9 Å². The van der Waals surface area contributed by atoms with Crippen LogP contribution < -0.4 is 0 Å². The van der Waals surface area contributed by atoms with Crippen LogP contribution in [-0.4, -0.2) is 0 Å². The normalized spacial score (nSPS) is 10.4. The Balaban J connectivity index is 0.000000420. The molecule has 0 N–H and O–H groups in total. The van der Waals surface area contributed by atoms with Crippen LogP contribution in [0.25, 0.3) is 43.8 Å². The average molecular weight is 844 g/mol. The molecule has 0 radical (unpaired) electrons. The van der Waals surface area contributed by atoms with Crippen molar-refractivity contribution in [3.8, 4) is 22.3 Å². The molecule has 0 nitrogen and oxygen atoms in total. The number of halogens is 2. The van der Waals surface area contributed by atoms with E-state index < -0.39 is 0 Å². The zero-order chi connectivity index (χ0) is 32.3. The van der Waals surface area contributed by atoms with Crippen molar-refractivity contribution in [2.24, 2.45) is 0 Å². The standard InChI is InChI=1S/2C21H23.C3H6.2ClH.Hf/c2*1-4-6-16-9-11-17(12-10-16)20-8-5-7-18-13-19(15(2)3)14-21(18)20;1-3-2;;;/h2*5,7-15H,4,6H2,1-3H3;1-3H2;2*1H;/q2*-1;-2;;;+4. The molecule has 0 spiro atoms. The van der Waals surface area contributed by atoms with Gasteiger partial charge in [0.15, 0.2) is 0 Å². The summed E-state index contributed by atoms with van der Waals surface area (Å²) in [6, 6.07) is 40.8. The smallest absolute Gasteiger partial charge is 0.372 e. The third-order valence-electron chi connectivity index (χ3n) is 8.49. The maximum Gasteiger partial charge on any atom is 4.00 e. The first kappa shape index (κ1) is 43.6. The van der Waals surface area contributed by atoms with Gasteiger partial charge in [-0.25, -0.2) is 0 Å². The molecule has 0 aliphatic heterocycles. The summed E-state index contributed by atoms with van der Waals surface area (Å²) < 4.78 is 0. The van der Waals surface area contributed by atoms with Gasteiger partial charge in [-0.2, -0.15) is 12.1 Å². The Labute approximate surface area is 323 Å². The summed E-state index contributed by atoms with van der Waals surface area (Å²) in [4.78, 5) is 0. The van der Waals surface area contributed by atoms with E-state index in [1.165, 1.54) is 91.7 Å². The Bertz CT molecular complexity index is 1620. The third-order valence-corrected chi connectivity index (χ3v) is 8.49. The zero-order valence-corrected chi connectivity index (χ0v) is 35.0. The second-order valence-electron chi connectivity index (χ2n) is 12.8. The molecule has 6 aromatic rings. The van der Waals surface area contributed by atoms with Crippen molar-refractivity contribution in [2.75, 3.05) is 0 Å². The van der Waals surface area contributed by atoms with Gasteiger partial charge in [0.25, 0.3) is 0 Å². The molecule has 0 saturated carbocycles. The van der Waals surface area contributed by atoms with E-state index in [2.05, 4.69) is 165 Å². The van der Waals surface area contributed by atoms with Crippen LogP contribution in [0.3, 0.4) is 0 Å². The van der Waals surface area contributed by atoms with Crippen molar-refractivity contribution in [1.29, 1.82) is 0 Å². The van der Waals surface area contributed by atoms with Gasteiger partial charge in [0.1, 0.15) is 0 Å². The molecule has 48 heavy (non-hydrogen) atoms. The average Bonchev–Trinajstić information content (AvgIpc) is 3.69. The number of aryl methyl sites for hydroxylation is 2. The first-order chi connectivity index (χ1) is 21.8. The van der Waals surface area contributed by atoms with Crippen LogP contribution in [0.15, 0.2) is 109 Å². The summed E-state index contributed by atoms with van der Waals surface area (Å²) in [5.74, 6) is 1.16. The fraction of sp³-hybridized carbons (Fsp3) is 0.289. The van der Waals surface area contributed by atoms with Crippen molar-refractivity contribution in [1.82, 2.24) is 0 Å². The molecular formula is C45H54Cl2Hf. The van der Waals surface area contributed by atoms with E-state index in [4.69, 9.17) is 0 Å². The van der Waals surface area contributed by atoms with Crippen molar-refractivity contribution >= 4 is 46.4 Å². The topological polar surface area (TPSA) is 0 Å². The summed E-state index contributed by atoms with van der Waals surface area (Å²) in [6.07, 6.45) is 5.49. The molecule has 0 aliphatic rings. The maximum atomic E-state index is 3.38. The van der Waals surface area contributed by atoms with E-state index in [1.54, 1.807) is 0 Å². The second kappa shape index (κ2) is 21.6. The minimum absolute atomic E-state index is 0. The molecule has 6 aromatic carbocycles. The summed E-state index contributed by atoms with van der Waals surface area (Å²) >= 11 is 0. The Morgan fingerprint density at radius 2 is 0.875 bits per heavy atom. The number of hydrogen-bond donors (Lipinski definition) is 0. The minimum Gasteiger partial charge on any atom is -0.372 e. The molecule has 0 aliphatic carbocycles. The Kier molecular flexibility index (Phi) is 19.6. The number of hydrogen-bond acceptors (Lipinski definition) is 0. The predicted molar refractivity (Wildman–Crippen MR) is 216 cm³/mol. The molecule has 0 atom stereocenters. The molecule has 3 heteroatoms. The van der Waals surface area contributed by atoms with E-state index in [9.17, 15) is 0 Å². The van der Waals surface area contributed by atoms with Gasteiger partial charge < -0.3 is 20.3 Å². The Hall–Kier alpha value is -2.45. The van der Waals surface area contributed by atoms with Crippen molar-refractivity contribution < 1.29 is 25.8 Å². The van der Waals surface area contributed by atoms with Gasteiger partial charge >= 0.3 is 25.8 Å². The molecule has 0 amide bonds. The first-order valence-corrected chi connectivity index (χ1v) is 16.9. The molecule has 0 heterocycles. The fourth-order valence-corrected chi connectivity index (χ4v) is 5.97. The summed E-state index contributed by atoms with van der Waals surface area (Å²) in [7, 11) is 0. The van der Waals surface area contributed by atoms with Crippen LogP contribution >= 0.6 is 24.8 Å². The molecule has 0 fully saturated rings. The van der Waals surface area contributed by atoms with Crippen LogP contribution in [0.5, 0.6) is 0 Å². The molecule has 0 unspecified atom stereocenters. The largest absolute Gasteiger partial charge is 4.00 e. The molecule has 0 aromatic heterocycles.